The standard InChI is InChI=1S/C37H48ClN3O6S/c1-36(2)35(42)39-48(43,44)29-11-14-34-32(22-29)41(24-37(25-46-34)15-5-7-26-21-28(38)10-13-31(26)37)23-27-9-12-30(27)33(8-6-19-47-36)45-20-18-40-16-3-4-17-40/h6,8,10-11,13-14,21-22,27,30,33H,3-5,7,9,12,15-20,23-25H2,1-2H3,(H,39,42)/t27-,30+,33+,37-/m0/s1. The molecule has 7 rings (SSSR count). The number of benzene rings is 2. The molecule has 1 amide bonds. The smallest absolute Gasteiger partial charge is 0.265 e. The van der Waals surface area contributed by atoms with Crippen molar-refractivity contribution in [2.24, 2.45) is 11.8 Å². The molecule has 2 aromatic rings. The highest BCUT2D eigenvalue weighted by molar-refractivity contribution is 7.90. The van der Waals surface area contributed by atoms with Crippen molar-refractivity contribution in [2.75, 3.05) is 57.4 Å². The first-order valence-electron chi connectivity index (χ1n) is 17.6. The first-order chi connectivity index (χ1) is 23.0. The number of nitrogens with zero attached hydrogens (tertiary/aromatic N) is 2. The molecule has 1 N–H and O–H groups in total. The zero-order chi connectivity index (χ0) is 33.5. The molecule has 48 heavy (non-hydrogen) atoms. The van der Waals surface area contributed by atoms with E-state index >= 15 is 0 Å². The third kappa shape index (κ3) is 6.88. The number of hydrogen-bond acceptors (Lipinski definition) is 8. The van der Waals surface area contributed by atoms with Gasteiger partial charge in [-0.25, -0.2) is 13.1 Å². The summed E-state index contributed by atoms with van der Waals surface area (Å²) in [4.78, 5) is 18.1. The maximum absolute atomic E-state index is 13.6. The Balaban J connectivity index is 1.25. The maximum atomic E-state index is 13.6. The van der Waals surface area contributed by atoms with Gasteiger partial charge in [0.1, 0.15) is 11.4 Å². The zero-order valence-electron chi connectivity index (χ0n) is 28.1. The Hall–Kier alpha value is -2.63. The lowest BCUT2D eigenvalue weighted by Crippen LogP contribution is -2.50. The van der Waals surface area contributed by atoms with Gasteiger partial charge in [-0.15, -0.1) is 0 Å². The average Bonchev–Trinajstić information content (AvgIpc) is 3.51. The number of halogens is 1. The summed E-state index contributed by atoms with van der Waals surface area (Å²) in [5, 5.41) is 0.736. The minimum atomic E-state index is -4.18. The molecule has 5 aliphatic rings. The fraction of sp³-hybridized carbons (Fsp3) is 0.595. The average molecular weight is 698 g/mol. The van der Waals surface area contributed by atoms with Crippen LogP contribution in [0.3, 0.4) is 0 Å². The van der Waals surface area contributed by atoms with E-state index in [-0.39, 0.29) is 23.0 Å². The molecule has 1 saturated carbocycles. The Labute approximate surface area is 290 Å². The molecular formula is C37H48ClN3O6S. The molecule has 0 aromatic heterocycles. The number of ether oxygens (including phenoxy) is 3. The van der Waals surface area contributed by atoms with E-state index in [4.69, 9.17) is 25.8 Å². The van der Waals surface area contributed by atoms with Gasteiger partial charge in [-0.05, 0) is 125 Å². The number of fused-ring (bicyclic) bond motifs is 4. The summed E-state index contributed by atoms with van der Waals surface area (Å²) in [5.74, 6) is 0.571. The van der Waals surface area contributed by atoms with Crippen molar-refractivity contribution < 1.29 is 27.4 Å². The SMILES string of the molecule is CC1(C)OCC=C[C@@H](OCCN2CCCC2)[C@@H]2CC[C@H]2CN2C[C@@]3(CCCc4cc(Cl)ccc43)COc3ccc(cc32)S(=O)(=O)NC1=O. The molecule has 3 heterocycles. The highest BCUT2D eigenvalue weighted by Crippen LogP contribution is 2.47. The van der Waals surface area contributed by atoms with Crippen LogP contribution in [0.1, 0.15) is 63.5 Å². The van der Waals surface area contributed by atoms with Gasteiger partial charge in [-0.2, -0.15) is 0 Å². The molecule has 0 unspecified atom stereocenters. The van der Waals surface area contributed by atoms with Crippen LogP contribution >= 0.6 is 11.6 Å². The molecule has 11 heteroatoms. The molecule has 3 aliphatic heterocycles. The lowest BCUT2D eigenvalue weighted by molar-refractivity contribution is -0.139. The summed E-state index contributed by atoms with van der Waals surface area (Å²) in [6, 6.07) is 11.1. The van der Waals surface area contributed by atoms with Crippen molar-refractivity contribution in [1.82, 2.24) is 9.62 Å². The molecule has 2 aliphatic carbocycles. The van der Waals surface area contributed by atoms with Gasteiger partial charge in [0, 0.05) is 30.1 Å². The van der Waals surface area contributed by atoms with Gasteiger partial charge >= 0.3 is 0 Å². The highest BCUT2D eigenvalue weighted by Gasteiger charge is 2.45. The Morgan fingerprint density at radius 3 is 2.71 bits per heavy atom. The number of sulfonamides is 1. The molecule has 1 spiro atoms. The van der Waals surface area contributed by atoms with Crippen LogP contribution in [0, 0.1) is 11.8 Å². The molecule has 4 atom stereocenters. The normalized spacial score (nSPS) is 30.0. The first-order valence-corrected chi connectivity index (χ1v) is 19.4. The van der Waals surface area contributed by atoms with E-state index in [2.05, 4.69) is 32.7 Å². The number of rotatable bonds is 4. The molecule has 9 nitrogen and oxygen atoms in total. The van der Waals surface area contributed by atoms with Crippen molar-refractivity contribution in [3.05, 3.63) is 64.7 Å². The minimum absolute atomic E-state index is 0.0195. The van der Waals surface area contributed by atoms with Gasteiger partial charge in [-0.1, -0.05) is 29.8 Å². The minimum Gasteiger partial charge on any atom is -0.490 e. The summed E-state index contributed by atoms with van der Waals surface area (Å²) >= 11 is 6.45. The number of hydrogen-bond donors (Lipinski definition) is 1. The number of carbonyl (C=O) groups is 1. The van der Waals surface area contributed by atoms with E-state index < -0.39 is 21.5 Å². The molecule has 2 aromatic carbocycles. The van der Waals surface area contributed by atoms with E-state index in [0.29, 0.717) is 37.3 Å². The molecular weight excluding hydrogens is 650 g/mol. The monoisotopic (exact) mass is 697 g/mol. The van der Waals surface area contributed by atoms with Crippen molar-refractivity contribution in [3.63, 3.8) is 0 Å². The number of aryl methyl sites for hydroxylation is 1. The molecule has 1 saturated heterocycles. The second kappa shape index (κ2) is 13.6. The third-order valence-electron chi connectivity index (χ3n) is 11.2. The summed E-state index contributed by atoms with van der Waals surface area (Å²) in [7, 11) is -4.18. The predicted octanol–water partition coefficient (Wildman–Crippen LogP) is 5.49. The zero-order valence-corrected chi connectivity index (χ0v) is 29.7. The van der Waals surface area contributed by atoms with Crippen LogP contribution in [0.5, 0.6) is 5.75 Å². The Kier molecular flexibility index (Phi) is 9.58. The van der Waals surface area contributed by atoms with Crippen LogP contribution in [0.4, 0.5) is 5.69 Å². The van der Waals surface area contributed by atoms with Gasteiger partial charge in [-0.3, -0.25) is 4.79 Å². The number of nitrogens with one attached hydrogen (secondary N) is 1. The molecule has 2 bridgehead atoms. The maximum Gasteiger partial charge on any atom is 0.265 e. The summed E-state index contributed by atoms with van der Waals surface area (Å²) in [5.41, 5.74) is 1.60. The van der Waals surface area contributed by atoms with E-state index in [1.165, 1.54) is 30.0 Å². The summed E-state index contributed by atoms with van der Waals surface area (Å²) in [6.45, 7) is 9.09. The van der Waals surface area contributed by atoms with Crippen LogP contribution in [0.25, 0.3) is 0 Å². The lowest BCUT2D eigenvalue weighted by Gasteiger charge is -2.46. The van der Waals surface area contributed by atoms with Crippen molar-refractivity contribution in [2.45, 2.75) is 80.8 Å². The van der Waals surface area contributed by atoms with Gasteiger partial charge in [0.25, 0.3) is 15.9 Å². The third-order valence-corrected chi connectivity index (χ3v) is 12.8. The Morgan fingerprint density at radius 1 is 1.08 bits per heavy atom. The second-order valence-electron chi connectivity index (χ2n) is 14.8. The molecule has 260 valence electrons. The van der Waals surface area contributed by atoms with Gasteiger partial charge in [0.15, 0.2) is 0 Å². The fourth-order valence-corrected chi connectivity index (χ4v) is 9.58. The highest BCUT2D eigenvalue weighted by atomic mass is 35.5. The molecule has 0 radical (unpaired) electrons. The first kappa shape index (κ1) is 33.8. The van der Waals surface area contributed by atoms with Crippen LogP contribution in [0.15, 0.2) is 53.4 Å². The van der Waals surface area contributed by atoms with Crippen molar-refractivity contribution in [1.29, 1.82) is 0 Å². The topological polar surface area (TPSA) is 97.4 Å². The summed E-state index contributed by atoms with van der Waals surface area (Å²) in [6.07, 6.45) is 11.5. The van der Waals surface area contributed by atoms with Crippen molar-refractivity contribution >= 4 is 33.2 Å². The Morgan fingerprint density at radius 2 is 1.92 bits per heavy atom. The summed E-state index contributed by atoms with van der Waals surface area (Å²) < 4.78 is 48.7. The number of likely N-dealkylation sites (tertiary alicyclic amines) is 1. The van der Waals surface area contributed by atoms with Crippen LogP contribution in [0.2, 0.25) is 5.02 Å². The largest absolute Gasteiger partial charge is 0.490 e. The van der Waals surface area contributed by atoms with Crippen LogP contribution in [-0.2, 0) is 36.1 Å². The van der Waals surface area contributed by atoms with Crippen molar-refractivity contribution in [3.8, 4) is 5.75 Å². The molecule has 2 fully saturated rings. The quantitative estimate of drug-likeness (QED) is 0.419. The Bertz CT molecular complexity index is 1660. The number of carbonyl (C=O) groups excluding carboxylic acids is 1. The lowest BCUT2D eigenvalue weighted by atomic mass is 9.68. The van der Waals surface area contributed by atoms with Crippen LogP contribution < -0.4 is 14.4 Å². The predicted molar refractivity (Wildman–Crippen MR) is 186 cm³/mol. The van der Waals surface area contributed by atoms with E-state index in [1.807, 2.05) is 12.1 Å². The van der Waals surface area contributed by atoms with Gasteiger partial charge in [0.05, 0.1) is 36.5 Å². The van der Waals surface area contributed by atoms with E-state index in [9.17, 15) is 13.2 Å². The van der Waals surface area contributed by atoms with E-state index in [0.717, 1.165) is 69.0 Å². The van der Waals surface area contributed by atoms with Crippen LogP contribution in [-0.4, -0.2) is 83.5 Å². The fourth-order valence-electron chi connectivity index (χ4n) is 8.26. The van der Waals surface area contributed by atoms with Gasteiger partial charge < -0.3 is 24.0 Å². The van der Waals surface area contributed by atoms with E-state index in [1.54, 1.807) is 26.0 Å². The number of amides is 1. The second-order valence-corrected chi connectivity index (χ2v) is 16.9. The number of anilines is 1. The van der Waals surface area contributed by atoms with Gasteiger partial charge in [0.2, 0.25) is 0 Å².